The number of nitrogens with zero attached hydrogens (tertiary/aromatic N) is 1. The molecule has 0 N–H and O–H groups in total. The summed E-state index contributed by atoms with van der Waals surface area (Å²) < 4.78 is 0. The minimum atomic E-state index is 0.509. The molecule has 1 unspecified atom stereocenters. The molecule has 1 rings (SSSR count). The highest BCUT2D eigenvalue weighted by atomic mass is 15.1. The Kier molecular flexibility index (Phi) is 6.41. The fourth-order valence-corrected chi connectivity index (χ4v) is 3.10. The van der Waals surface area contributed by atoms with Crippen molar-refractivity contribution in [3.8, 4) is 0 Å². The average molecular weight is 261 g/mol. The molecular weight excluding hydrogens is 230 g/mol. The maximum Gasteiger partial charge on any atom is 0.0199 e. The fraction of sp³-hybridized carbons (Fsp3) is 0.667. The summed E-state index contributed by atoms with van der Waals surface area (Å²) in [6.45, 7) is 17.7. The lowest BCUT2D eigenvalue weighted by Gasteiger charge is -2.34. The topological polar surface area (TPSA) is 3.24 Å². The molecule has 0 aliphatic heterocycles. The van der Waals surface area contributed by atoms with Gasteiger partial charge in [0.25, 0.3) is 0 Å². The highest BCUT2D eigenvalue weighted by Crippen LogP contribution is 2.33. The molecule has 0 aromatic carbocycles. The molecule has 0 radical (unpaired) electrons. The third kappa shape index (κ3) is 4.89. The Labute approximate surface area is 120 Å². The second-order valence-corrected chi connectivity index (χ2v) is 6.36. The van der Waals surface area contributed by atoms with Crippen molar-refractivity contribution in [1.29, 1.82) is 0 Å². The number of hydrogen-bond acceptors (Lipinski definition) is 1. The van der Waals surface area contributed by atoms with Crippen molar-refractivity contribution >= 4 is 0 Å². The third-order valence-corrected chi connectivity index (χ3v) is 4.66. The number of rotatable bonds is 7. The molecule has 1 nitrogen and oxygen atoms in total. The Hall–Kier alpha value is -0.980. The molecule has 1 atom stereocenters. The highest BCUT2D eigenvalue weighted by Gasteiger charge is 2.23. The van der Waals surface area contributed by atoms with Crippen LogP contribution in [-0.2, 0) is 0 Å². The molecule has 0 heterocycles. The van der Waals surface area contributed by atoms with Crippen LogP contribution in [0.3, 0.4) is 0 Å². The first-order valence-electron chi connectivity index (χ1n) is 7.61. The zero-order chi connectivity index (χ0) is 14.4. The first kappa shape index (κ1) is 16.1. The van der Waals surface area contributed by atoms with Gasteiger partial charge in [-0.3, -0.25) is 0 Å². The predicted molar refractivity (Wildman–Crippen MR) is 86.0 cm³/mol. The van der Waals surface area contributed by atoms with Crippen LogP contribution in [0.2, 0.25) is 0 Å². The van der Waals surface area contributed by atoms with Gasteiger partial charge in [-0.15, -0.1) is 6.58 Å². The van der Waals surface area contributed by atoms with E-state index in [9.17, 15) is 0 Å². The van der Waals surface area contributed by atoms with E-state index in [1.54, 1.807) is 0 Å². The van der Waals surface area contributed by atoms with Gasteiger partial charge in [0.15, 0.2) is 0 Å². The quantitative estimate of drug-likeness (QED) is 0.581. The molecule has 0 amide bonds. The van der Waals surface area contributed by atoms with Crippen molar-refractivity contribution in [1.82, 2.24) is 4.90 Å². The van der Waals surface area contributed by atoms with Crippen molar-refractivity contribution in [2.75, 3.05) is 13.6 Å². The molecule has 0 saturated heterocycles. The molecule has 0 aromatic rings. The molecule has 0 aromatic heterocycles. The summed E-state index contributed by atoms with van der Waals surface area (Å²) >= 11 is 0. The van der Waals surface area contributed by atoms with Crippen LogP contribution in [-0.4, -0.2) is 18.5 Å². The van der Waals surface area contributed by atoms with Crippen molar-refractivity contribution in [2.45, 2.75) is 46.0 Å². The minimum Gasteiger partial charge on any atom is -0.378 e. The Bertz CT molecular complexity index is 321. The van der Waals surface area contributed by atoms with Crippen LogP contribution in [0.4, 0.5) is 0 Å². The molecule has 0 bridgehead atoms. The van der Waals surface area contributed by atoms with Crippen LogP contribution in [0.15, 0.2) is 37.1 Å². The lowest BCUT2D eigenvalue weighted by atomic mass is 9.79. The summed E-state index contributed by atoms with van der Waals surface area (Å²) in [5.74, 6) is 2.10. The van der Waals surface area contributed by atoms with Gasteiger partial charge >= 0.3 is 0 Å². The zero-order valence-electron chi connectivity index (χ0n) is 13.1. The lowest BCUT2D eigenvalue weighted by Crippen LogP contribution is -2.30. The zero-order valence-corrected chi connectivity index (χ0v) is 13.1. The fourth-order valence-electron chi connectivity index (χ4n) is 3.10. The summed E-state index contributed by atoms with van der Waals surface area (Å²) in [6.07, 6.45) is 8.33. The van der Waals surface area contributed by atoms with Crippen LogP contribution in [0, 0.1) is 17.8 Å². The summed E-state index contributed by atoms with van der Waals surface area (Å²) in [6, 6.07) is 0. The van der Waals surface area contributed by atoms with Crippen LogP contribution in [0.5, 0.6) is 0 Å². The molecule has 1 fully saturated rings. The van der Waals surface area contributed by atoms with Gasteiger partial charge in [-0.1, -0.05) is 31.7 Å². The van der Waals surface area contributed by atoms with E-state index >= 15 is 0 Å². The standard InChI is InChI=1S/C18H31N/c1-7-8-15(4)16(5)19(6)13-17-9-11-18(12-10-17)14(2)3/h7,15,17-18H,1-2,5,8-13H2,3-4,6H3. The van der Waals surface area contributed by atoms with E-state index in [0.29, 0.717) is 5.92 Å². The van der Waals surface area contributed by atoms with Gasteiger partial charge in [0.1, 0.15) is 0 Å². The molecular formula is C18H31N. The molecule has 19 heavy (non-hydrogen) atoms. The van der Waals surface area contributed by atoms with Gasteiger partial charge in [-0.05, 0) is 56.8 Å². The second kappa shape index (κ2) is 7.57. The molecule has 1 aliphatic rings. The first-order chi connectivity index (χ1) is 8.95. The normalized spacial score (nSPS) is 24.6. The maximum absolute atomic E-state index is 4.25. The van der Waals surface area contributed by atoms with E-state index in [2.05, 4.69) is 45.5 Å². The molecule has 1 heteroatoms. The lowest BCUT2D eigenvalue weighted by molar-refractivity contribution is 0.231. The van der Waals surface area contributed by atoms with E-state index < -0.39 is 0 Å². The van der Waals surface area contributed by atoms with E-state index in [1.807, 2.05) is 6.08 Å². The van der Waals surface area contributed by atoms with E-state index in [-0.39, 0.29) is 0 Å². The molecule has 1 saturated carbocycles. The van der Waals surface area contributed by atoms with Crippen molar-refractivity contribution < 1.29 is 0 Å². The summed E-state index contributed by atoms with van der Waals surface area (Å²) in [5.41, 5.74) is 2.62. The van der Waals surface area contributed by atoms with Gasteiger partial charge in [0, 0.05) is 19.3 Å². The van der Waals surface area contributed by atoms with Crippen LogP contribution >= 0.6 is 0 Å². The van der Waals surface area contributed by atoms with Gasteiger partial charge < -0.3 is 4.90 Å². The number of hydrogen-bond donors (Lipinski definition) is 0. The van der Waals surface area contributed by atoms with Gasteiger partial charge in [0.05, 0.1) is 0 Å². The van der Waals surface area contributed by atoms with Gasteiger partial charge in [0.2, 0.25) is 0 Å². The third-order valence-electron chi connectivity index (χ3n) is 4.66. The predicted octanol–water partition coefficient (Wildman–Crippen LogP) is 5.03. The Morgan fingerprint density at radius 1 is 1.26 bits per heavy atom. The monoisotopic (exact) mass is 261 g/mol. The van der Waals surface area contributed by atoms with Crippen LogP contribution < -0.4 is 0 Å². The van der Waals surface area contributed by atoms with Crippen molar-refractivity contribution in [3.05, 3.63) is 37.1 Å². The van der Waals surface area contributed by atoms with Crippen molar-refractivity contribution in [3.63, 3.8) is 0 Å². The summed E-state index contributed by atoms with van der Waals surface area (Å²) in [4.78, 5) is 2.36. The van der Waals surface area contributed by atoms with Crippen LogP contribution in [0.1, 0.15) is 46.0 Å². The highest BCUT2D eigenvalue weighted by molar-refractivity contribution is 5.01. The maximum atomic E-state index is 4.25. The SMILES string of the molecule is C=CCC(C)C(=C)N(C)CC1CCC(C(=C)C)CC1. The Morgan fingerprint density at radius 2 is 1.84 bits per heavy atom. The van der Waals surface area contributed by atoms with Crippen molar-refractivity contribution in [2.24, 2.45) is 17.8 Å². The molecule has 1 aliphatic carbocycles. The molecule has 108 valence electrons. The van der Waals surface area contributed by atoms with Gasteiger partial charge in [-0.25, -0.2) is 0 Å². The van der Waals surface area contributed by atoms with E-state index in [1.165, 1.54) is 37.0 Å². The largest absolute Gasteiger partial charge is 0.378 e. The second-order valence-electron chi connectivity index (χ2n) is 6.36. The van der Waals surface area contributed by atoms with Gasteiger partial charge in [-0.2, -0.15) is 0 Å². The Morgan fingerprint density at radius 3 is 2.32 bits per heavy atom. The Balaban J connectivity index is 2.37. The van der Waals surface area contributed by atoms with E-state index in [4.69, 9.17) is 0 Å². The van der Waals surface area contributed by atoms with E-state index in [0.717, 1.165) is 24.8 Å². The first-order valence-corrected chi connectivity index (χ1v) is 7.61. The minimum absolute atomic E-state index is 0.509. The smallest absolute Gasteiger partial charge is 0.0199 e. The van der Waals surface area contributed by atoms with Crippen LogP contribution in [0.25, 0.3) is 0 Å². The number of allylic oxidation sites excluding steroid dienone is 3. The molecule has 0 spiro atoms. The average Bonchev–Trinajstić information content (AvgIpc) is 2.38. The summed E-state index contributed by atoms with van der Waals surface area (Å²) in [5, 5.41) is 0. The summed E-state index contributed by atoms with van der Waals surface area (Å²) in [7, 11) is 2.19.